The van der Waals surface area contributed by atoms with Crippen LogP contribution in [0.3, 0.4) is 0 Å². The van der Waals surface area contributed by atoms with Crippen LogP contribution >= 0.6 is 27.7 Å². The molecule has 0 fully saturated rings. The van der Waals surface area contributed by atoms with Crippen LogP contribution in [0.15, 0.2) is 22.7 Å². The number of amides is 1. The van der Waals surface area contributed by atoms with Gasteiger partial charge < -0.3 is 10.1 Å². The molecule has 0 aliphatic rings. The molecule has 0 aromatic heterocycles. The first-order chi connectivity index (χ1) is 9.49. The number of carbonyl (C=O) groups is 2. The van der Waals surface area contributed by atoms with Gasteiger partial charge in [0.1, 0.15) is 11.9 Å². The Morgan fingerprint density at radius 2 is 2.20 bits per heavy atom. The van der Waals surface area contributed by atoms with E-state index in [1.165, 1.54) is 25.3 Å². The highest BCUT2D eigenvalue weighted by atomic mass is 79.9. The van der Waals surface area contributed by atoms with E-state index in [0.717, 1.165) is 0 Å². The molecule has 0 unspecified atom stereocenters. The van der Waals surface area contributed by atoms with Crippen molar-refractivity contribution >= 4 is 39.6 Å². The summed E-state index contributed by atoms with van der Waals surface area (Å²) in [6.07, 6.45) is 2.38. The first-order valence-electron chi connectivity index (χ1n) is 5.82. The zero-order chi connectivity index (χ0) is 15.1. The van der Waals surface area contributed by atoms with Crippen molar-refractivity contribution < 1.29 is 18.7 Å². The van der Waals surface area contributed by atoms with Gasteiger partial charge in [-0.1, -0.05) is 0 Å². The Kier molecular flexibility index (Phi) is 7.01. The Morgan fingerprint density at radius 1 is 1.50 bits per heavy atom. The van der Waals surface area contributed by atoms with Crippen LogP contribution in [-0.2, 0) is 9.53 Å². The van der Waals surface area contributed by atoms with E-state index >= 15 is 0 Å². The third-order valence-electron chi connectivity index (χ3n) is 2.58. The van der Waals surface area contributed by atoms with Crippen molar-refractivity contribution in [2.24, 2.45) is 0 Å². The SMILES string of the molecule is COC(=O)[C@@H](CCSC)NC(=O)c1ccc(F)cc1Br. The maximum Gasteiger partial charge on any atom is 0.328 e. The minimum Gasteiger partial charge on any atom is -0.467 e. The topological polar surface area (TPSA) is 55.4 Å². The molecule has 1 rings (SSSR count). The lowest BCUT2D eigenvalue weighted by molar-refractivity contribution is -0.142. The summed E-state index contributed by atoms with van der Waals surface area (Å²) in [7, 11) is 1.27. The van der Waals surface area contributed by atoms with Gasteiger partial charge in [-0.15, -0.1) is 0 Å². The van der Waals surface area contributed by atoms with Crippen molar-refractivity contribution in [1.29, 1.82) is 0 Å². The molecule has 1 aromatic carbocycles. The Labute approximate surface area is 129 Å². The van der Waals surface area contributed by atoms with Crippen molar-refractivity contribution in [2.45, 2.75) is 12.5 Å². The second-order valence-electron chi connectivity index (χ2n) is 3.95. The lowest BCUT2D eigenvalue weighted by Crippen LogP contribution is -2.42. The molecular formula is C13H15BrFNO3S. The van der Waals surface area contributed by atoms with Crippen molar-refractivity contribution in [3.8, 4) is 0 Å². The van der Waals surface area contributed by atoms with E-state index < -0.39 is 23.7 Å². The number of methoxy groups -OCH3 is 1. The number of nitrogens with one attached hydrogen (secondary N) is 1. The molecule has 0 saturated heterocycles. The molecule has 4 nitrogen and oxygen atoms in total. The smallest absolute Gasteiger partial charge is 0.328 e. The summed E-state index contributed by atoms with van der Waals surface area (Å²) in [5.74, 6) is -0.677. The maximum absolute atomic E-state index is 13.0. The van der Waals surface area contributed by atoms with E-state index in [9.17, 15) is 14.0 Å². The second kappa shape index (κ2) is 8.26. The number of ether oxygens (including phenoxy) is 1. The minimum absolute atomic E-state index is 0.268. The third kappa shape index (κ3) is 4.79. The molecule has 0 aliphatic heterocycles. The maximum atomic E-state index is 13.0. The predicted octanol–water partition coefficient (Wildman–Crippen LogP) is 2.61. The van der Waals surface area contributed by atoms with Gasteiger partial charge in [0.2, 0.25) is 0 Å². The number of thioether (sulfide) groups is 1. The van der Waals surface area contributed by atoms with E-state index in [1.54, 1.807) is 11.8 Å². The molecule has 1 aromatic rings. The highest BCUT2D eigenvalue weighted by Crippen LogP contribution is 2.18. The number of esters is 1. The third-order valence-corrected chi connectivity index (χ3v) is 3.88. The zero-order valence-corrected chi connectivity index (χ0v) is 13.5. The fraction of sp³-hybridized carbons (Fsp3) is 0.385. The molecule has 0 saturated carbocycles. The summed E-state index contributed by atoms with van der Waals surface area (Å²) in [6, 6.07) is 3.04. The number of halogens is 2. The van der Waals surface area contributed by atoms with Crippen LogP contribution in [0.25, 0.3) is 0 Å². The first-order valence-corrected chi connectivity index (χ1v) is 8.01. The lowest BCUT2D eigenvalue weighted by Gasteiger charge is -2.16. The van der Waals surface area contributed by atoms with Gasteiger partial charge in [-0.2, -0.15) is 11.8 Å². The average Bonchev–Trinajstić information content (AvgIpc) is 2.42. The summed E-state index contributed by atoms with van der Waals surface area (Å²) in [5.41, 5.74) is 0.268. The average molecular weight is 364 g/mol. The molecule has 110 valence electrons. The number of benzene rings is 1. The largest absolute Gasteiger partial charge is 0.467 e. The molecule has 7 heteroatoms. The summed E-state index contributed by atoms with van der Waals surface area (Å²) >= 11 is 4.69. The standard InChI is InChI=1S/C13H15BrFNO3S/c1-19-13(18)11(5-6-20-2)16-12(17)9-4-3-8(15)7-10(9)14/h3-4,7,11H,5-6H2,1-2H3,(H,16,17)/t11-/m1/s1. The predicted molar refractivity (Wildman–Crippen MR) is 80.4 cm³/mol. The van der Waals surface area contributed by atoms with Crippen LogP contribution < -0.4 is 5.32 Å². The summed E-state index contributed by atoms with van der Waals surface area (Å²) in [4.78, 5) is 23.7. The molecule has 1 N–H and O–H groups in total. The van der Waals surface area contributed by atoms with Crippen molar-refractivity contribution in [1.82, 2.24) is 5.32 Å². The van der Waals surface area contributed by atoms with Crippen LogP contribution in [-0.4, -0.2) is 37.0 Å². The molecule has 0 spiro atoms. The van der Waals surface area contributed by atoms with Gasteiger partial charge in [-0.25, -0.2) is 9.18 Å². The fourth-order valence-electron chi connectivity index (χ4n) is 1.54. The van der Waals surface area contributed by atoms with Crippen LogP contribution in [0, 0.1) is 5.82 Å². The van der Waals surface area contributed by atoms with E-state index in [0.29, 0.717) is 16.6 Å². The summed E-state index contributed by atoms with van der Waals surface area (Å²) < 4.78 is 18.0. The van der Waals surface area contributed by atoms with E-state index in [1.807, 2.05) is 6.26 Å². The van der Waals surface area contributed by atoms with Crippen LogP contribution in [0.1, 0.15) is 16.8 Å². The van der Waals surface area contributed by atoms with Gasteiger partial charge in [-0.3, -0.25) is 4.79 Å². The molecule has 0 aliphatic carbocycles. The van der Waals surface area contributed by atoms with Crippen LogP contribution in [0.4, 0.5) is 4.39 Å². The van der Waals surface area contributed by atoms with E-state index in [-0.39, 0.29) is 5.56 Å². The second-order valence-corrected chi connectivity index (χ2v) is 5.79. The zero-order valence-electron chi connectivity index (χ0n) is 11.1. The monoisotopic (exact) mass is 363 g/mol. The summed E-state index contributed by atoms with van der Waals surface area (Å²) in [6.45, 7) is 0. The minimum atomic E-state index is -0.711. The number of rotatable bonds is 6. The lowest BCUT2D eigenvalue weighted by atomic mass is 10.1. The van der Waals surface area contributed by atoms with E-state index in [4.69, 9.17) is 0 Å². The Hall–Kier alpha value is -1.08. The number of hydrogen-bond donors (Lipinski definition) is 1. The van der Waals surface area contributed by atoms with Crippen molar-refractivity contribution in [2.75, 3.05) is 19.1 Å². The van der Waals surface area contributed by atoms with Crippen molar-refractivity contribution in [3.05, 3.63) is 34.1 Å². The van der Waals surface area contributed by atoms with Gasteiger partial charge in [0.05, 0.1) is 12.7 Å². The molecule has 0 radical (unpaired) electrons. The molecule has 1 amide bonds. The molecule has 20 heavy (non-hydrogen) atoms. The fourth-order valence-corrected chi connectivity index (χ4v) is 2.54. The highest BCUT2D eigenvalue weighted by molar-refractivity contribution is 9.10. The van der Waals surface area contributed by atoms with Gasteiger partial charge in [-0.05, 0) is 52.6 Å². The van der Waals surface area contributed by atoms with Gasteiger partial charge >= 0.3 is 5.97 Å². The summed E-state index contributed by atoms with van der Waals surface area (Å²) in [5, 5.41) is 2.60. The first kappa shape index (κ1) is 17.0. The normalized spacial score (nSPS) is 11.8. The van der Waals surface area contributed by atoms with E-state index in [2.05, 4.69) is 26.0 Å². The Bertz CT molecular complexity index is 499. The van der Waals surface area contributed by atoms with Gasteiger partial charge in [0.15, 0.2) is 0 Å². The molecule has 0 bridgehead atoms. The highest BCUT2D eigenvalue weighted by Gasteiger charge is 2.22. The molecule has 1 atom stereocenters. The molecule has 0 heterocycles. The van der Waals surface area contributed by atoms with Gasteiger partial charge in [0, 0.05) is 4.47 Å². The van der Waals surface area contributed by atoms with Gasteiger partial charge in [0.25, 0.3) is 5.91 Å². The number of hydrogen-bond acceptors (Lipinski definition) is 4. The Balaban J connectivity index is 2.81. The van der Waals surface area contributed by atoms with Crippen LogP contribution in [0.2, 0.25) is 0 Å². The number of carbonyl (C=O) groups excluding carboxylic acids is 2. The van der Waals surface area contributed by atoms with Crippen molar-refractivity contribution in [3.63, 3.8) is 0 Å². The molecular weight excluding hydrogens is 349 g/mol. The Morgan fingerprint density at radius 3 is 2.75 bits per heavy atom. The quantitative estimate of drug-likeness (QED) is 0.789. The van der Waals surface area contributed by atoms with Crippen LogP contribution in [0.5, 0.6) is 0 Å².